The molecule has 252 valence electrons. The number of nitrogens with zero attached hydrogens (tertiary/aromatic N) is 1. The molecule has 12 heteroatoms. The second kappa shape index (κ2) is 14.6. The van der Waals surface area contributed by atoms with Gasteiger partial charge in [0.1, 0.15) is 17.2 Å². The quantitative estimate of drug-likeness (QED) is 0.272. The van der Waals surface area contributed by atoms with E-state index in [0.29, 0.717) is 25.2 Å². The highest BCUT2D eigenvalue weighted by Crippen LogP contribution is 2.32. The number of carbonyl (C=O) groups excluding carboxylic acids is 3. The van der Waals surface area contributed by atoms with Gasteiger partial charge in [-0.1, -0.05) is 66.7 Å². The molecule has 1 aliphatic rings. The summed E-state index contributed by atoms with van der Waals surface area (Å²) in [6.45, 7) is 9.16. The lowest BCUT2D eigenvalue weighted by Crippen LogP contribution is -2.60. The maximum Gasteiger partial charge on any atom is 0.408 e. The van der Waals surface area contributed by atoms with Crippen molar-refractivity contribution in [2.24, 2.45) is 0 Å². The van der Waals surface area contributed by atoms with E-state index in [0.717, 1.165) is 34.1 Å². The molecule has 1 aliphatic heterocycles. The summed E-state index contributed by atoms with van der Waals surface area (Å²) in [5.41, 5.74) is 2.88. The number of alkyl carbamates (subject to hydrolysis) is 1. The Morgan fingerprint density at radius 2 is 1.60 bits per heavy atom. The summed E-state index contributed by atoms with van der Waals surface area (Å²) in [4.78, 5) is 41.5. The molecule has 3 N–H and O–H groups in total. The molecule has 0 aliphatic carbocycles. The number of rotatable bonds is 11. The van der Waals surface area contributed by atoms with Gasteiger partial charge in [-0.2, -0.15) is 0 Å². The van der Waals surface area contributed by atoms with E-state index >= 15 is 0 Å². The molecular formula is C35H44N4O7S. The van der Waals surface area contributed by atoms with Crippen LogP contribution in [0.2, 0.25) is 0 Å². The van der Waals surface area contributed by atoms with Gasteiger partial charge in [-0.15, -0.1) is 0 Å². The summed E-state index contributed by atoms with van der Waals surface area (Å²) in [6, 6.07) is 21.6. The molecule has 1 unspecified atom stereocenters. The van der Waals surface area contributed by atoms with Gasteiger partial charge in [0.05, 0.1) is 25.2 Å². The van der Waals surface area contributed by atoms with Crippen molar-refractivity contribution < 1.29 is 32.3 Å². The second-order valence-electron chi connectivity index (χ2n) is 13.2. The Balaban J connectivity index is 1.50. The maximum atomic E-state index is 13.9. The summed E-state index contributed by atoms with van der Waals surface area (Å²) in [7, 11) is -3.47. The van der Waals surface area contributed by atoms with Crippen LogP contribution < -0.4 is 15.4 Å². The molecule has 3 aromatic carbocycles. The van der Waals surface area contributed by atoms with Crippen molar-refractivity contribution in [3.63, 3.8) is 0 Å². The Morgan fingerprint density at radius 1 is 0.915 bits per heavy atom. The van der Waals surface area contributed by atoms with Gasteiger partial charge >= 0.3 is 6.09 Å². The van der Waals surface area contributed by atoms with Crippen molar-refractivity contribution in [2.75, 3.05) is 24.1 Å². The number of hydrogen-bond acceptors (Lipinski definition) is 7. The van der Waals surface area contributed by atoms with Crippen molar-refractivity contribution in [1.29, 1.82) is 0 Å². The van der Waals surface area contributed by atoms with Gasteiger partial charge in [0, 0.05) is 18.7 Å². The average molecular weight is 665 g/mol. The van der Waals surface area contributed by atoms with Crippen LogP contribution in [0, 0.1) is 0 Å². The Labute approximate surface area is 277 Å². The van der Waals surface area contributed by atoms with Gasteiger partial charge in [0.25, 0.3) is 0 Å². The Bertz CT molecular complexity index is 1700. The molecule has 1 atom stereocenters. The van der Waals surface area contributed by atoms with Crippen LogP contribution in [0.5, 0.6) is 0 Å². The standard InChI is InChI=1S/C35H44N4O7S/c1-34(2,3)46-33(42)37-35(4,5)32(41)36-30(23-45-22-24-12-8-7-9-13-24)31(40)39-19-18-25-20-26(16-17-27(25)21-39)28-14-10-11-15-29(28)38-47(6,43)44/h7-17,20,30,38H,18-19,21-23H2,1-6H3,(H,36,41)(H,37,42). The van der Waals surface area contributed by atoms with Crippen LogP contribution in [0.3, 0.4) is 0 Å². The molecule has 3 aromatic rings. The largest absolute Gasteiger partial charge is 0.444 e. The van der Waals surface area contributed by atoms with Crippen molar-refractivity contribution >= 4 is 33.6 Å². The number of benzene rings is 3. The fourth-order valence-corrected chi connectivity index (χ4v) is 5.73. The van der Waals surface area contributed by atoms with Crippen LogP contribution >= 0.6 is 0 Å². The third kappa shape index (κ3) is 10.3. The van der Waals surface area contributed by atoms with E-state index in [1.54, 1.807) is 37.8 Å². The first-order chi connectivity index (χ1) is 22.0. The number of sulfonamides is 1. The Kier molecular flexibility index (Phi) is 11.0. The van der Waals surface area contributed by atoms with Crippen LogP contribution in [0.15, 0.2) is 72.8 Å². The molecule has 1 heterocycles. The zero-order valence-electron chi connectivity index (χ0n) is 27.8. The summed E-state index contributed by atoms with van der Waals surface area (Å²) in [5, 5.41) is 5.40. The molecule has 0 spiro atoms. The minimum atomic E-state index is -3.47. The summed E-state index contributed by atoms with van der Waals surface area (Å²) in [6.07, 6.45) is 0.930. The molecule has 0 aromatic heterocycles. The number of fused-ring (bicyclic) bond motifs is 1. The number of anilines is 1. The lowest BCUT2D eigenvalue weighted by molar-refractivity contribution is -0.140. The summed E-state index contributed by atoms with van der Waals surface area (Å²) < 4.78 is 37.7. The average Bonchev–Trinajstić information content (AvgIpc) is 2.98. The van der Waals surface area contributed by atoms with E-state index in [4.69, 9.17) is 9.47 Å². The molecule has 3 amide bonds. The van der Waals surface area contributed by atoms with E-state index < -0.39 is 39.2 Å². The Hall–Kier alpha value is -4.42. The van der Waals surface area contributed by atoms with Crippen molar-refractivity contribution in [1.82, 2.24) is 15.5 Å². The lowest BCUT2D eigenvalue weighted by atomic mass is 9.93. The summed E-state index contributed by atoms with van der Waals surface area (Å²) in [5.74, 6) is -0.870. The van der Waals surface area contributed by atoms with E-state index in [-0.39, 0.29) is 19.1 Å². The molecule has 4 rings (SSSR count). The highest BCUT2D eigenvalue weighted by atomic mass is 32.2. The number of hydrogen-bond donors (Lipinski definition) is 3. The van der Waals surface area contributed by atoms with Crippen molar-refractivity contribution in [3.05, 3.63) is 89.5 Å². The predicted octanol–water partition coefficient (Wildman–Crippen LogP) is 4.61. The maximum absolute atomic E-state index is 13.9. The van der Waals surface area contributed by atoms with E-state index in [1.165, 1.54) is 13.8 Å². The SMILES string of the molecule is CC(C)(C)OC(=O)NC(C)(C)C(=O)NC(COCc1ccccc1)C(=O)N1CCc2cc(-c3ccccc3NS(C)(=O)=O)ccc2C1. The first-order valence-electron chi connectivity index (χ1n) is 15.4. The van der Waals surface area contributed by atoms with Crippen molar-refractivity contribution in [3.8, 4) is 11.1 Å². The number of amides is 3. The third-order valence-electron chi connectivity index (χ3n) is 7.44. The van der Waals surface area contributed by atoms with Gasteiger partial charge in [-0.25, -0.2) is 13.2 Å². The molecule has 0 bridgehead atoms. The van der Waals surface area contributed by atoms with Crippen molar-refractivity contribution in [2.45, 2.75) is 71.4 Å². The third-order valence-corrected chi connectivity index (χ3v) is 8.03. The molecular weight excluding hydrogens is 620 g/mol. The minimum Gasteiger partial charge on any atom is -0.444 e. The fourth-order valence-electron chi connectivity index (χ4n) is 5.15. The van der Waals surface area contributed by atoms with Gasteiger partial charge in [0.2, 0.25) is 21.8 Å². The second-order valence-corrected chi connectivity index (χ2v) is 14.9. The first-order valence-corrected chi connectivity index (χ1v) is 17.3. The van der Waals surface area contributed by atoms with Crippen LogP contribution in [0.25, 0.3) is 11.1 Å². The predicted molar refractivity (Wildman–Crippen MR) is 181 cm³/mol. The van der Waals surface area contributed by atoms with Gasteiger partial charge < -0.3 is 25.0 Å². The molecule has 11 nitrogen and oxygen atoms in total. The van der Waals surface area contributed by atoms with Gasteiger partial charge in [0.15, 0.2) is 0 Å². The molecule has 0 radical (unpaired) electrons. The number of carbonyl (C=O) groups is 3. The van der Waals surface area contributed by atoms with Crippen LogP contribution in [-0.2, 0) is 48.7 Å². The number of para-hydroxylation sites is 1. The highest BCUT2D eigenvalue weighted by molar-refractivity contribution is 7.92. The van der Waals surface area contributed by atoms with E-state index in [1.807, 2.05) is 60.7 Å². The topological polar surface area (TPSA) is 143 Å². The molecule has 0 saturated carbocycles. The monoisotopic (exact) mass is 664 g/mol. The lowest BCUT2D eigenvalue weighted by Gasteiger charge is -2.34. The van der Waals surface area contributed by atoms with Crippen LogP contribution in [-0.4, -0.2) is 67.8 Å². The van der Waals surface area contributed by atoms with Crippen LogP contribution in [0.4, 0.5) is 10.5 Å². The van der Waals surface area contributed by atoms with Gasteiger partial charge in [-0.05, 0) is 69.4 Å². The fraction of sp³-hybridized carbons (Fsp3) is 0.400. The Morgan fingerprint density at radius 3 is 2.28 bits per heavy atom. The number of ether oxygens (including phenoxy) is 2. The smallest absolute Gasteiger partial charge is 0.408 e. The summed E-state index contributed by atoms with van der Waals surface area (Å²) >= 11 is 0. The zero-order valence-corrected chi connectivity index (χ0v) is 28.6. The number of nitrogens with one attached hydrogen (secondary N) is 3. The zero-order chi connectivity index (χ0) is 34.4. The molecule has 47 heavy (non-hydrogen) atoms. The van der Waals surface area contributed by atoms with E-state index in [9.17, 15) is 22.8 Å². The van der Waals surface area contributed by atoms with E-state index in [2.05, 4.69) is 15.4 Å². The highest BCUT2D eigenvalue weighted by Gasteiger charge is 2.36. The molecule has 0 saturated heterocycles. The first kappa shape index (κ1) is 35.4. The van der Waals surface area contributed by atoms with Gasteiger partial charge in [-0.3, -0.25) is 14.3 Å². The van der Waals surface area contributed by atoms with Crippen LogP contribution in [0.1, 0.15) is 51.3 Å². The minimum absolute atomic E-state index is 0.0750. The normalized spacial score (nSPS) is 14.0. The molecule has 0 fully saturated rings.